The molecule has 0 bridgehead atoms. The van der Waals surface area contributed by atoms with Crippen molar-refractivity contribution >= 4 is 11.8 Å². The van der Waals surface area contributed by atoms with Gasteiger partial charge in [0.15, 0.2) is 0 Å². The highest BCUT2D eigenvalue weighted by Crippen LogP contribution is 1.96. The van der Waals surface area contributed by atoms with Gasteiger partial charge in [0.25, 0.3) is 0 Å². The van der Waals surface area contributed by atoms with Crippen molar-refractivity contribution in [2.24, 2.45) is 0 Å². The topological polar surface area (TPSA) is 0 Å². The van der Waals surface area contributed by atoms with Crippen LogP contribution in [0.15, 0.2) is 12.2 Å². The smallest absolute Gasteiger partial charge is 0.00357 e. The average molecular weight is 129 g/mol. The molecule has 0 spiro atoms. The van der Waals surface area contributed by atoms with Gasteiger partial charge in [0.2, 0.25) is 0 Å². The average Bonchev–Trinajstić information content (AvgIpc) is 1.81. The molecule has 0 aromatic rings. The Kier molecular flexibility index (Phi) is 7.17. The van der Waals surface area contributed by atoms with Gasteiger partial charge < -0.3 is 0 Å². The van der Waals surface area contributed by atoms with Crippen molar-refractivity contribution in [1.29, 1.82) is 0 Å². The Morgan fingerprint density at radius 2 is 2.25 bits per heavy atom. The molecule has 0 amide bonds. The summed E-state index contributed by atoms with van der Waals surface area (Å²) in [6.07, 6.45) is 8.53. The van der Waals surface area contributed by atoms with Crippen molar-refractivity contribution in [2.45, 2.75) is 12.8 Å². The third-order valence-corrected chi connectivity index (χ3v) is 1.47. The van der Waals surface area contributed by atoms with E-state index in [2.05, 4.69) is 25.3 Å². The first-order valence-electron chi connectivity index (χ1n) is 2.85. The maximum Gasteiger partial charge on any atom is -0.00357 e. The predicted octanol–water partition coefficient (Wildman–Crippen LogP) is 2.52. The number of hydrogen-bond donors (Lipinski definition) is 0. The second kappa shape index (κ2) is 7.09. The minimum Gasteiger partial charge on any atom is -0.165 e. The van der Waals surface area contributed by atoms with Crippen molar-refractivity contribution in [3.05, 3.63) is 19.1 Å². The van der Waals surface area contributed by atoms with Gasteiger partial charge in [-0.3, -0.25) is 0 Å². The Hall–Kier alpha value is 0.0900. The molecule has 0 aliphatic rings. The molecule has 0 aromatic carbocycles. The van der Waals surface area contributed by atoms with E-state index in [9.17, 15) is 0 Å². The van der Waals surface area contributed by atoms with Gasteiger partial charge in [-0.2, -0.15) is 11.8 Å². The summed E-state index contributed by atoms with van der Waals surface area (Å²) in [6.45, 7) is 3.69. The zero-order chi connectivity index (χ0) is 6.24. The molecule has 1 radical (unpaired) electrons. The van der Waals surface area contributed by atoms with Crippen LogP contribution in [0, 0.1) is 6.92 Å². The van der Waals surface area contributed by atoms with Crippen molar-refractivity contribution in [3.8, 4) is 0 Å². The van der Waals surface area contributed by atoms with Gasteiger partial charge >= 0.3 is 0 Å². The Bertz CT molecular complexity index is 57.4. The van der Waals surface area contributed by atoms with Crippen molar-refractivity contribution < 1.29 is 0 Å². The van der Waals surface area contributed by atoms with Gasteiger partial charge in [0.1, 0.15) is 0 Å². The minimum absolute atomic E-state index is 0.925. The Morgan fingerprint density at radius 1 is 1.50 bits per heavy atom. The van der Waals surface area contributed by atoms with Crippen LogP contribution in [0.3, 0.4) is 0 Å². The molecule has 0 N–H and O–H groups in total. The number of allylic oxidation sites excluding steroid dienone is 2. The third-order valence-electron chi connectivity index (χ3n) is 0.822. The first kappa shape index (κ1) is 8.09. The van der Waals surface area contributed by atoms with Crippen LogP contribution in [0.4, 0.5) is 0 Å². The molecule has 0 nitrogen and oxygen atoms in total. The van der Waals surface area contributed by atoms with Crippen LogP contribution in [0.5, 0.6) is 0 Å². The van der Waals surface area contributed by atoms with Crippen LogP contribution in [0.2, 0.25) is 0 Å². The lowest BCUT2D eigenvalue weighted by molar-refractivity contribution is 1.22. The fourth-order valence-electron chi connectivity index (χ4n) is 0.422. The molecular formula is C7H13S. The quantitative estimate of drug-likeness (QED) is 0.415. The van der Waals surface area contributed by atoms with E-state index in [-0.39, 0.29) is 0 Å². The lowest BCUT2D eigenvalue weighted by atomic mass is 10.4. The van der Waals surface area contributed by atoms with Crippen LogP contribution in [-0.2, 0) is 0 Å². The van der Waals surface area contributed by atoms with Crippen molar-refractivity contribution in [1.82, 2.24) is 0 Å². The molecule has 8 heavy (non-hydrogen) atoms. The lowest BCUT2D eigenvalue weighted by Gasteiger charge is -1.85. The van der Waals surface area contributed by atoms with Gasteiger partial charge in [-0.25, -0.2) is 0 Å². The van der Waals surface area contributed by atoms with Crippen LogP contribution < -0.4 is 0 Å². The van der Waals surface area contributed by atoms with Gasteiger partial charge in [-0.05, 0) is 31.8 Å². The monoisotopic (exact) mass is 129 g/mol. The first-order chi connectivity index (χ1) is 3.91. The molecule has 0 aliphatic carbocycles. The van der Waals surface area contributed by atoms with Crippen LogP contribution in [0.25, 0.3) is 0 Å². The SMILES string of the molecule is [CH2]C/C=C/CCSC. The zero-order valence-electron chi connectivity index (χ0n) is 5.39. The summed E-state index contributed by atoms with van der Waals surface area (Å²) in [5.41, 5.74) is 0. The first-order valence-corrected chi connectivity index (χ1v) is 4.24. The molecule has 0 aliphatic heterocycles. The summed E-state index contributed by atoms with van der Waals surface area (Å²) in [5, 5.41) is 0. The molecule has 47 valence electrons. The molecule has 0 unspecified atom stereocenters. The van der Waals surface area contributed by atoms with Gasteiger partial charge in [-0.1, -0.05) is 12.2 Å². The molecule has 0 rings (SSSR count). The van der Waals surface area contributed by atoms with E-state index in [4.69, 9.17) is 0 Å². The summed E-state index contributed by atoms with van der Waals surface area (Å²) in [6, 6.07) is 0. The van der Waals surface area contributed by atoms with Crippen LogP contribution in [-0.4, -0.2) is 12.0 Å². The second-order valence-corrected chi connectivity index (χ2v) is 2.53. The molecule has 1 heteroatoms. The predicted molar refractivity (Wildman–Crippen MR) is 42.1 cm³/mol. The second-order valence-electron chi connectivity index (χ2n) is 1.54. The largest absolute Gasteiger partial charge is 0.165 e. The molecule has 0 atom stereocenters. The lowest BCUT2D eigenvalue weighted by Crippen LogP contribution is -1.70. The van der Waals surface area contributed by atoms with Crippen LogP contribution >= 0.6 is 11.8 Å². The maximum absolute atomic E-state index is 3.69. The molecule has 0 saturated carbocycles. The Morgan fingerprint density at radius 3 is 2.75 bits per heavy atom. The molecular weight excluding hydrogens is 116 g/mol. The van der Waals surface area contributed by atoms with E-state index in [0.717, 1.165) is 6.42 Å². The van der Waals surface area contributed by atoms with E-state index in [1.807, 2.05) is 11.8 Å². The normalized spacial score (nSPS) is 10.8. The van der Waals surface area contributed by atoms with E-state index in [1.54, 1.807) is 0 Å². The summed E-state index contributed by atoms with van der Waals surface area (Å²) in [7, 11) is 0. The van der Waals surface area contributed by atoms with Gasteiger partial charge in [0, 0.05) is 0 Å². The maximum atomic E-state index is 3.69. The summed E-state index contributed by atoms with van der Waals surface area (Å²) in [4.78, 5) is 0. The van der Waals surface area contributed by atoms with Gasteiger partial charge in [-0.15, -0.1) is 0 Å². The Balaban J connectivity index is 2.80. The Labute approximate surface area is 56.4 Å². The minimum atomic E-state index is 0.925. The molecule has 0 aromatic heterocycles. The summed E-state index contributed by atoms with van der Waals surface area (Å²) >= 11 is 1.88. The highest BCUT2D eigenvalue weighted by atomic mass is 32.2. The van der Waals surface area contributed by atoms with Crippen molar-refractivity contribution in [2.75, 3.05) is 12.0 Å². The number of thioether (sulfide) groups is 1. The third kappa shape index (κ3) is 6.09. The van der Waals surface area contributed by atoms with E-state index in [0.29, 0.717) is 0 Å². The highest BCUT2D eigenvalue weighted by molar-refractivity contribution is 7.98. The summed E-state index contributed by atoms with van der Waals surface area (Å²) < 4.78 is 0. The molecule has 0 heterocycles. The fraction of sp³-hybridized carbons (Fsp3) is 0.571. The summed E-state index contributed by atoms with van der Waals surface area (Å²) in [5.74, 6) is 1.23. The van der Waals surface area contributed by atoms with E-state index >= 15 is 0 Å². The number of hydrogen-bond acceptors (Lipinski definition) is 1. The van der Waals surface area contributed by atoms with Crippen molar-refractivity contribution in [3.63, 3.8) is 0 Å². The fourth-order valence-corrected chi connectivity index (χ4v) is 0.793. The van der Waals surface area contributed by atoms with E-state index < -0.39 is 0 Å². The van der Waals surface area contributed by atoms with Crippen LogP contribution in [0.1, 0.15) is 12.8 Å². The molecule has 0 saturated heterocycles. The number of rotatable bonds is 4. The zero-order valence-corrected chi connectivity index (χ0v) is 6.21. The standard InChI is InChI=1S/C7H13S/c1-3-4-5-6-7-8-2/h4-5H,1,3,6-7H2,2H3/b5-4+. The van der Waals surface area contributed by atoms with Gasteiger partial charge in [0.05, 0.1) is 0 Å². The van der Waals surface area contributed by atoms with E-state index in [1.165, 1.54) is 12.2 Å². The molecule has 0 fully saturated rings. The highest BCUT2D eigenvalue weighted by Gasteiger charge is 1.74.